The molecule has 2 N–H and O–H groups in total. The number of fused-ring (bicyclic) bond motifs is 1. The molecule has 0 bridgehead atoms. The molecule has 1 heterocycles. The summed E-state index contributed by atoms with van der Waals surface area (Å²) in [6, 6.07) is 6.08. The van der Waals surface area contributed by atoms with Gasteiger partial charge in [0.15, 0.2) is 11.5 Å². The van der Waals surface area contributed by atoms with Gasteiger partial charge in [-0.3, -0.25) is 0 Å². The topological polar surface area (TPSA) is 44.5 Å². The van der Waals surface area contributed by atoms with Crippen LogP contribution in [0.5, 0.6) is 11.5 Å². The van der Waals surface area contributed by atoms with Gasteiger partial charge >= 0.3 is 0 Å². The number of benzene rings is 1. The molecule has 0 saturated carbocycles. The third-order valence-electron chi connectivity index (χ3n) is 3.14. The Kier molecular flexibility index (Phi) is 3.67. The molecule has 0 aliphatic carbocycles. The largest absolute Gasteiger partial charge is 0.493 e. The highest BCUT2D eigenvalue weighted by Crippen LogP contribution is 2.35. The van der Waals surface area contributed by atoms with Crippen molar-refractivity contribution in [2.75, 3.05) is 20.3 Å². The quantitative estimate of drug-likeness (QED) is 0.849. The Bertz CT molecular complexity index is 352. The molecule has 1 unspecified atom stereocenters. The summed E-state index contributed by atoms with van der Waals surface area (Å²) >= 11 is 0. The number of ether oxygens (including phenoxy) is 2. The van der Waals surface area contributed by atoms with Gasteiger partial charge in [0.05, 0.1) is 13.7 Å². The van der Waals surface area contributed by atoms with E-state index in [9.17, 15) is 0 Å². The molecule has 0 fully saturated rings. The highest BCUT2D eigenvalue weighted by molar-refractivity contribution is 5.47. The molecule has 1 aliphatic rings. The van der Waals surface area contributed by atoms with Crippen molar-refractivity contribution >= 4 is 0 Å². The van der Waals surface area contributed by atoms with Crippen LogP contribution in [0.3, 0.4) is 0 Å². The maximum absolute atomic E-state index is 5.78. The average Bonchev–Trinajstić information content (AvgIpc) is 2.50. The van der Waals surface area contributed by atoms with Crippen molar-refractivity contribution in [3.8, 4) is 11.5 Å². The van der Waals surface area contributed by atoms with Crippen molar-refractivity contribution in [1.82, 2.24) is 0 Å². The van der Waals surface area contributed by atoms with E-state index in [4.69, 9.17) is 15.2 Å². The summed E-state index contributed by atoms with van der Waals surface area (Å²) in [6.45, 7) is 1.52. The Hall–Kier alpha value is -1.22. The molecule has 16 heavy (non-hydrogen) atoms. The SMILES string of the molecule is COc1cccc2c1OCCC(CCN)C2. The zero-order chi connectivity index (χ0) is 11.4. The summed E-state index contributed by atoms with van der Waals surface area (Å²) in [5.41, 5.74) is 6.87. The van der Waals surface area contributed by atoms with Crippen LogP contribution in [0.4, 0.5) is 0 Å². The van der Waals surface area contributed by atoms with Gasteiger partial charge in [0, 0.05) is 0 Å². The van der Waals surface area contributed by atoms with Crippen LogP contribution in [0, 0.1) is 5.92 Å². The fraction of sp³-hybridized carbons (Fsp3) is 0.538. The van der Waals surface area contributed by atoms with E-state index >= 15 is 0 Å². The Morgan fingerprint density at radius 2 is 2.38 bits per heavy atom. The highest BCUT2D eigenvalue weighted by atomic mass is 16.5. The highest BCUT2D eigenvalue weighted by Gasteiger charge is 2.19. The van der Waals surface area contributed by atoms with Gasteiger partial charge in [-0.05, 0) is 43.4 Å². The smallest absolute Gasteiger partial charge is 0.164 e. The van der Waals surface area contributed by atoms with Gasteiger partial charge < -0.3 is 15.2 Å². The maximum Gasteiger partial charge on any atom is 0.164 e. The average molecular weight is 221 g/mol. The first-order valence-corrected chi connectivity index (χ1v) is 5.84. The predicted octanol–water partition coefficient (Wildman–Crippen LogP) is 1.99. The lowest BCUT2D eigenvalue weighted by molar-refractivity contribution is 0.276. The first kappa shape index (κ1) is 11.3. The van der Waals surface area contributed by atoms with Crippen molar-refractivity contribution in [1.29, 1.82) is 0 Å². The van der Waals surface area contributed by atoms with Gasteiger partial charge in [0.2, 0.25) is 0 Å². The van der Waals surface area contributed by atoms with E-state index in [-0.39, 0.29) is 0 Å². The summed E-state index contributed by atoms with van der Waals surface area (Å²) in [7, 11) is 1.68. The van der Waals surface area contributed by atoms with Crippen LogP contribution in [0.15, 0.2) is 18.2 Å². The van der Waals surface area contributed by atoms with E-state index < -0.39 is 0 Å². The van der Waals surface area contributed by atoms with Crippen LogP contribution in [-0.2, 0) is 6.42 Å². The first-order chi connectivity index (χ1) is 7.85. The van der Waals surface area contributed by atoms with E-state index in [1.807, 2.05) is 12.1 Å². The summed E-state index contributed by atoms with van der Waals surface area (Å²) in [6.07, 6.45) is 3.19. The van der Waals surface area contributed by atoms with Crippen molar-refractivity contribution in [3.05, 3.63) is 23.8 Å². The molecule has 3 heteroatoms. The molecule has 3 nitrogen and oxygen atoms in total. The second kappa shape index (κ2) is 5.21. The van der Waals surface area contributed by atoms with Crippen molar-refractivity contribution in [2.45, 2.75) is 19.3 Å². The minimum Gasteiger partial charge on any atom is -0.493 e. The van der Waals surface area contributed by atoms with Crippen LogP contribution in [0.2, 0.25) is 0 Å². The van der Waals surface area contributed by atoms with Gasteiger partial charge in [0.25, 0.3) is 0 Å². The minimum absolute atomic E-state index is 0.637. The molecular weight excluding hydrogens is 202 g/mol. The number of nitrogens with two attached hydrogens (primary N) is 1. The lowest BCUT2D eigenvalue weighted by Crippen LogP contribution is -2.11. The van der Waals surface area contributed by atoms with Gasteiger partial charge in [-0.15, -0.1) is 0 Å². The fourth-order valence-electron chi connectivity index (χ4n) is 2.27. The molecule has 0 spiro atoms. The molecule has 0 amide bonds. The monoisotopic (exact) mass is 221 g/mol. The van der Waals surface area contributed by atoms with Crippen LogP contribution >= 0.6 is 0 Å². The lowest BCUT2D eigenvalue weighted by Gasteiger charge is -2.12. The van der Waals surface area contributed by atoms with E-state index in [0.29, 0.717) is 5.92 Å². The second-order valence-electron chi connectivity index (χ2n) is 4.23. The molecule has 2 rings (SSSR count). The van der Waals surface area contributed by atoms with Crippen LogP contribution < -0.4 is 15.2 Å². The predicted molar refractivity (Wildman–Crippen MR) is 64.0 cm³/mol. The molecule has 0 radical (unpaired) electrons. The third kappa shape index (κ3) is 2.30. The third-order valence-corrected chi connectivity index (χ3v) is 3.14. The van der Waals surface area contributed by atoms with Crippen LogP contribution in [-0.4, -0.2) is 20.3 Å². The zero-order valence-electron chi connectivity index (χ0n) is 9.74. The van der Waals surface area contributed by atoms with E-state index in [0.717, 1.165) is 43.9 Å². The summed E-state index contributed by atoms with van der Waals surface area (Å²) in [4.78, 5) is 0. The minimum atomic E-state index is 0.637. The van der Waals surface area contributed by atoms with E-state index in [1.165, 1.54) is 5.56 Å². The zero-order valence-corrected chi connectivity index (χ0v) is 9.74. The summed E-state index contributed by atoms with van der Waals surface area (Å²) in [5, 5.41) is 0. The standard InChI is InChI=1S/C13H19NO2/c1-15-12-4-2-3-11-9-10(5-7-14)6-8-16-13(11)12/h2-4,10H,5-9,14H2,1H3. The normalized spacial score (nSPS) is 19.5. The molecule has 1 atom stereocenters. The Morgan fingerprint density at radius 1 is 1.50 bits per heavy atom. The Morgan fingerprint density at radius 3 is 3.12 bits per heavy atom. The maximum atomic E-state index is 5.78. The van der Waals surface area contributed by atoms with Crippen molar-refractivity contribution < 1.29 is 9.47 Å². The molecule has 0 aromatic heterocycles. The van der Waals surface area contributed by atoms with Gasteiger partial charge in [-0.1, -0.05) is 12.1 Å². The molecule has 88 valence electrons. The summed E-state index contributed by atoms with van der Waals surface area (Å²) in [5.74, 6) is 2.40. The van der Waals surface area contributed by atoms with Crippen molar-refractivity contribution in [2.24, 2.45) is 11.7 Å². The van der Waals surface area contributed by atoms with E-state index in [1.54, 1.807) is 7.11 Å². The Balaban J connectivity index is 2.23. The molecule has 0 saturated heterocycles. The number of hydrogen-bond acceptors (Lipinski definition) is 3. The first-order valence-electron chi connectivity index (χ1n) is 5.84. The van der Waals surface area contributed by atoms with Crippen molar-refractivity contribution in [3.63, 3.8) is 0 Å². The van der Waals surface area contributed by atoms with Gasteiger partial charge in [0.1, 0.15) is 0 Å². The number of rotatable bonds is 3. The van der Waals surface area contributed by atoms with E-state index in [2.05, 4.69) is 6.07 Å². The second-order valence-corrected chi connectivity index (χ2v) is 4.23. The molecule has 1 aliphatic heterocycles. The fourth-order valence-corrected chi connectivity index (χ4v) is 2.27. The molecule has 1 aromatic carbocycles. The van der Waals surface area contributed by atoms with Gasteiger partial charge in [-0.25, -0.2) is 0 Å². The lowest BCUT2D eigenvalue weighted by atomic mass is 9.94. The Labute approximate surface area is 96.5 Å². The van der Waals surface area contributed by atoms with Crippen LogP contribution in [0.25, 0.3) is 0 Å². The number of hydrogen-bond donors (Lipinski definition) is 1. The van der Waals surface area contributed by atoms with Gasteiger partial charge in [-0.2, -0.15) is 0 Å². The molecule has 1 aromatic rings. The molecular formula is C13H19NO2. The summed E-state index contributed by atoms with van der Waals surface area (Å²) < 4.78 is 11.1. The number of para-hydroxylation sites is 1. The van der Waals surface area contributed by atoms with Crippen LogP contribution in [0.1, 0.15) is 18.4 Å². The number of methoxy groups -OCH3 is 1.